The molecule has 0 radical (unpaired) electrons. The number of halogens is 2. The first-order chi connectivity index (χ1) is 9.65. The van der Waals surface area contributed by atoms with Gasteiger partial charge in [0.05, 0.1) is 17.8 Å². The van der Waals surface area contributed by atoms with Gasteiger partial charge in [-0.15, -0.1) is 0 Å². The van der Waals surface area contributed by atoms with Crippen molar-refractivity contribution in [2.45, 2.75) is 6.54 Å². The first-order valence-electron chi connectivity index (χ1n) is 6.24. The molecule has 0 saturated heterocycles. The van der Waals surface area contributed by atoms with Gasteiger partial charge in [-0.3, -0.25) is 4.68 Å². The van der Waals surface area contributed by atoms with Gasteiger partial charge in [-0.1, -0.05) is 18.2 Å². The Hall–Kier alpha value is -1.88. The van der Waals surface area contributed by atoms with Gasteiger partial charge >= 0.3 is 0 Å². The molecule has 0 bridgehead atoms. The average Bonchev–Trinajstić information content (AvgIpc) is 2.75. The van der Waals surface area contributed by atoms with Crippen LogP contribution in [0.2, 0.25) is 0 Å². The second kappa shape index (κ2) is 5.25. The van der Waals surface area contributed by atoms with Crippen LogP contribution in [0.15, 0.2) is 46.9 Å². The molecule has 0 saturated carbocycles. The third-order valence-electron chi connectivity index (χ3n) is 3.21. The lowest BCUT2D eigenvalue weighted by Gasteiger charge is -2.07. The molecule has 3 nitrogen and oxygen atoms in total. The van der Waals surface area contributed by atoms with Gasteiger partial charge in [-0.25, -0.2) is 4.39 Å². The average molecular weight is 334 g/mol. The lowest BCUT2D eigenvalue weighted by Crippen LogP contribution is -2.02. The minimum Gasteiger partial charge on any atom is -0.378 e. The van der Waals surface area contributed by atoms with Crippen LogP contribution in [0.25, 0.3) is 10.9 Å². The first kappa shape index (κ1) is 13.1. The Morgan fingerprint density at radius 2 is 2.05 bits per heavy atom. The molecule has 0 aliphatic rings. The predicted molar refractivity (Wildman–Crippen MR) is 82.1 cm³/mol. The number of hydrogen-bond donors (Lipinski definition) is 1. The number of aryl methyl sites for hydroxylation is 1. The maximum Gasteiger partial charge on any atom is 0.124 e. The molecule has 0 aliphatic carbocycles. The fourth-order valence-electron chi connectivity index (χ4n) is 2.23. The van der Waals surface area contributed by atoms with Crippen molar-refractivity contribution < 1.29 is 4.39 Å². The fraction of sp³-hybridized carbons (Fsp3) is 0.133. The zero-order valence-electron chi connectivity index (χ0n) is 10.9. The van der Waals surface area contributed by atoms with Crippen molar-refractivity contribution in [1.82, 2.24) is 9.78 Å². The summed E-state index contributed by atoms with van der Waals surface area (Å²) in [6, 6.07) is 12.7. The molecule has 2 aromatic carbocycles. The van der Waals surface area contributed by atoms with Gasteiger partial charge in [-0.05, 0) is 40.2 Å². The number of anilines is 1. The van der Waals surface area contributed by atoms with E-state index in [0.29, 0.717) is 11.0 Å². The highest BCUT2D eigenvalue weighted by molar-refractivity contribution is 9.10. The number of aromatic nitrogens is 2. The lowest BCUT2D eigenvalue weighted by atomic mass is 10.2. The number of hydrogen-bond acceptors (Lipinski definition) is 2. The van der Waals surface area contributed by atoms with Gasteiger partial charge in [0.1, 0.15) is 5.82 Å². The molecule has 1 aromatic heterocycles. The van der Waals surface area contributed by atoms with E-state index in [1.165, 1.54) is 12.1 Å². The zero-order valence-corrected chi connectivity index (χ0v) is 12.5. The number of para-hydroxylation sites is 1. The Balaban J connectivity index is 1.87. The summed E-state index contributed by atoms with van der Waals surface area (Å²) >= 11 is 3.35. The second-order valence-corrected chi connectivity index (χ2v) is 5.42. The van der Waals surface area contributed by atoms with Gasteiger partial charge in [0, 0.05) is 22.6 Å². The van der Waals surface area contributed by atoms with Crippen molar-refractivity contribution in [3.63, 3.8) is 0 Å². The Morgan fingerprint density at radius 1 is 1.25 bits per heavy atom. The summed E-state index contributed by atoms with van der Waals surface area (Å²) in [6.45, 7) is 0.589. The van der Waals surface area contributed by atoms with Crippen LogP contribution in [-0.4, -0.2) is 9.78 Å². The van der Waals surface area contributed by atoms with Gasteiger partial charge in [0.25, 0.3) is 0 Å². The summed E-state index contributed by atoms with van der Waals surface area (Å²) in [6.07, 6.45) is 0. The van der Waals surface area contributed by atoms with E-state index in [1.54, 1.807) is 6.07 Å². The molecule has 0 spiro atoms. The van der Waals surface area contributed by atoms with E-state index in [4.69, 9.17) is 0 Å². The molecule has 20 heavy (non-hydrogen) atoms. The van der Waals surface area contributed by atoms with Crippen LogP contribution in [0, 0.1) is 5.82 Å². The van der Waals surface area contributed by atoms with Crippen LogP contribution in [0.5, 0.6) is 0 Å². The lowest BCUT2D eigenvalue weighted by molar-refractivity contribution is 0.627. The second-order valence-electron chi connectivity index (χ2n) is 4.57. The molecule has 0 fully saturated rings. The Labute approximate surface area is 124 Å². The summed E-state index contributed by atoms with van der Waals surface area (Å²) in [4.78, 5) is 0. The molecular weight excluding hydrogens is 321 g/mol. The van der Waals surface area contributed by atoms with Crippen LogP contribution in [-0.2, 0) is 13.6 Å². The highest BCUT2D eigenvalue weighted by Gasteiger charge is 2.08. The molecule has 102 valence electrons. The van der Waals surface area contributed by atoms with Crippen molar-refractivity contribution in [2.75, 3.05) is 5.32 Å². The molecule has 1 heterocycles. The van der Waals surface area contributed by atoms with E-state index in [9.17, 15) is 4.39 Å². The minimum atomic E-state index is -0.259. The number of nitrogens with zero attached hydrogens (tertiary/aromatic N) is 2. The SMILES string of the molecule is Cn1nc(CNc2ccc(F)cc2Br)c2ccccc21. The maximum absolute atomic E-state index is 13.0. The van der Waals surface area contributed by atoms with Gasteiger partial charge in [0.15, 0.2) is 0 Å². The molecule has 1 N–H and O–H groups in total. The van der Waals surface area contributed by atoms with Crippen LogP contribution in [0.1, 0.15) is 5.69 Å². The number of nitrogens with one attached hydrogen (secondary N) is 1. The third-order valence-corrected chi connectivity index (χ3v) is 3.87. The quantitative estimate of drug-likeness (QED) is 0.782. The van der Waals surface area contributed by atoms with Crippen LogP contribution < -0.4 is 5.32 Å². The summed E-state index contributed by atoms with van der Waals surface area (Å²) in [7, 11) is 1.93. The Kier molecular flexibility index (Phi) is 3.44. The van der Waals surface area contributed by atoms with Crippen LogP contribution >= 0.6 is 15.9 Å². The molecular formula is C15H13BrFN3. The van der Waals surface area contributed by atoms with E-state index < -0.39 is 0 Å². The topological polar surface area (TPSA) is 29.9 Å². The van der Waals surface area contributed by atoms with Gasteiger partial charge in [0.2, 0.25) is 0 Å². The van der Waals surface area contributed by atoms with Gasteiger partial charge in [-0.2, -0.15) is 5.10 Å². The molecule has 3 aromatic rings. The number of fused-ring (bicyclic) bond motifs is 1. The van der Waals surface area contributed by atoms with E-state index >= 15 is 0 Å². The first-order valence-corrected chi connectivity index (χ1v) is 7.04. The summed E-state index contributed by atoms with van der Waals surface area (Å²) in [5, 5.41) is 8.92. The summed E-state index contributed by atoms with van der Waals surface area (Å²) in [5.74, 6) is -0.259. The highest BCUT2D eigenvalue weighted by Crippen LogP contribution is 2.24. The normalized spacial score (nSPS) is 10.9. The predicted octanol–water partition coefficient (Wildman–Crippen LogP) is 4.09. The summed E-state index contributed by atoms with van der Waals surface area (Å²) in [5.41, 5.74) is 2.92. The third kappa shape index (κ3) is 2.41. The number of benzene rings is 2. The minimum absolute atomic E-state index is 0.259. The monoisotopic (exact) mass is 333 g/mol. The smallest absolute Gasteiger partial charge is 0.124 e. The van der Waals surface area contributed by atoms with E-state index in [-0.39, 0.29) is 5.82 Å². The standard InChI is InChI=1S/C15H13BrFN3/c1-20-15-5-3-2-4-11(15)14(19-20)9-18-13-7-6-10(17)8-12(13)16/h2-8,18H,9H2,1H3. The number of rotatable bonds is 3. The van der Waals surface area contributed by atoms with Crippen LogP contribution in [0.3, 0.4) is 0 Å². The largest absolute Gasteiger partial charge is 0.378 e. The fourth-order valence-corrected chi connectivity index (χ4v) is 2.72. The van der Waals surface area contributed by atoms with Crippen molar-refractivity contribution in [3.05, 3.63) is 58.4 Å². The zero-order chi connectivity index (χ0) is 14.1. The van der Waals surface area contributed by atoms with Gasteiger partial charge < -0.3 is 5.32 Å². The molecule has 0 atom stereocenters. The van der Waals surface area contributed by atoms with Crippen molar-refractivity contribution >= 4 is 32.5 Å². The van der Waals surface area contributed by atoms with Crippen LogP contribution in [0.4, 0.5) is 10.1 Å². The Bertz CT molecular complexity index is 767. The summed E-state index contributed by atoms with van der Waals surface area (Å²) < 4.78 is 15.6. The molecule has 3 rings (SSSR count). The molecule has 0 amide bonds. The van der Waals surface area contributed by atoms with Crippen molar-refractivity contribution in [3.8, 4) is 0 Å². The molecule has 0 aliphatic heterocycles. The molecule has 0 unspecified atom stereocenters. The maximum atomic E-state index is 13.0. The van der Waals surface area contributed by atoms with Crippen molar-refractivity contribution in [2.24, 2.45) is 7.05 Å². The van der Waals surface area contributed by atoms with E-state index in [1.807, 2.05) is 29.9 Å². The Morgan fingerprint density at radius 3 is 2.85 bits per heavy atom. The molecule has 5 heteroatoms. The van der Waals surface area contributed by atoms with E-state index in [0.717, 1.165) is 22.3 Å². The highest BCUT2D eigenvalue weighted by atomic mass is 79.9. The van der Waals surface area contributed by atoms with Crippen molar-refractivity contribution in [1.29, 1.82) is 0 Å². The van der Waals surface area contributed by atoms with E-state index in [2.05, 4.69) is 32.4 Å².